The van der Waals surface area contributed by atoms with Crippen LogP contribution < -0.4 is 0 Å². The van der Waals surface area contributed by atoms with Crippen LogP contribution in [0.25, 0.3) is 0 Å². The fourth-order valence-corrected chi connectivity index (χ4v) is 9.12. The second kappa shape index (κ2) is 64.1. The number of allylic oxidation sites excluding steroid dienone is 16. The van der Waals surface area contributed by atoms with Crippen molar-refractivity contribution >= 4 is 11.9 Å². The molecule has 0 heterocycles. The molecule has 1 N–H and O–H groups in total. The molecule has 0 aliphatic rings. The molecule has 1 atom stereocenters. The maximum Gasteiger partial charge on any atom is 0.306 e. The van der Waals surface area contributed by atoms with Crippen molar-refractivity contribution in [1.29, 1.82) is 0 Å². The van der Waals surface area contributed by atoms with Crippen molar-refractivity contribution in [3.05, 3.63) is 97.2 Å². The maximum absolute atomic E-state index is 12.3. The van der Waals surface area contributed by atoms with E-state index >= 15 is 0 Å². The third-order valence-electron chi connectivity index (χ3n) is 13.9. The summed E-state index contributed by atoms with van der Waals surface area (Å²) in [5.74, 6) is -0.585. The topological polar surface area (TPSA) is 72.8 Å². The first-order valence-corrected chi connectivity index (χ1v) is 31.8. The molecule has 0 spiro atoms. The van der Waals surface area contributed by atoms with Gasteiger partial charge in [-0.1, -0.05) is 297 Å². The highest BCUT2D eigenvalue weighted by atomic mass is 16.6. The molecule has 0 amide bonds. The van der Waals surface area contributed by atoms with Crippen LogP contribution in [0.4, 0.5) is 0 Å². The van der Waals surface area contributed by atoms with Crippen LogP contribution in [0.1, 0.15) is 309 Å². The Labute approximate surface area is 459 Å². The fourth-order valence-electron chi connectivity index (χ4n) is 9.12. The van der Waals surface area contributed by atoms with Gasteiger partial charge in [-0.25, -0.2) is 0 Å². The number of hydrogen-bond donors (Lipinski definition) is 1. The molecule has 74 heavy (non-hydrogen) atoms. The summed E-state index contributed by atoms with van der Waals surface area (Å²) in [4.78, 5) is 24.6. The van der Waals surface area contributed by atoms with E-state index in [1.54, 1.807) is 0 Å². The third kappa shape index (κ3) is 61.4. The zero-order valence-corrected chi connectivity index (χ0v) is 48.8. The maximum atomic E-state index is 12.3. The van der Waals surface area contributed by atoms with Crippen LogP contribution in [-0.2, 0) is 19.1 Å². The Hall–Kier alpha value is -3.18. The van der Waals surface area contributed by atoms with E-state index in [9.17, 15) is 14.7 Å². The number of unbranched alkanes of at least 4 members (excludes halogenated alkanes) is 34. The van der Waals surface area contributed by atoms with Gasteiger partial charge in [-0.2, -0.15) is 0 Å². The number of rotatable bonds is 58. The molecule has 1 unspecified atom stereocenters. The minimum Gasteiger partial charge on any atom is -0.462 e. The van der Waals surface area contributed by atoms with E-state index < -0.39 is 6.10 Å². The molecule has 0 radical (unpaired) electrons. The largest absolute Gasteiger partial charge is 0.462 e. The molecule has 0 bridgehead atoms. The summed E-state index contributed by atoms with van der Waals surface area (Å²) in [6.45, 7) is 4.04. The molecule has 5 heteroatoms. The lowest BCUT2D eigenvalue weighted by Crippen LogP contribution is -2.28. The molecule has 0 aliphatic heterocycles. The molecule has 0 aromatic rings. The molecular formula is C69H120O5. The summed E-state index contributed by atoms with van der Waals surface area (Å²) >= 11 is 0. The lowest BCUT2D eigenvalue weighted by Gasteiger charge is -2.15. The van der Waals surface area contributed by atoms with Gasteiger partial charge < -0.3 is 14.6 Å². The highest BCUT2D eigenvalue weighted by Crippen LogP contribution is 2.17. The predicted octanol–water partition coefficient (Wildman–Crippen LogP) is 21.9. The van der Waals surface area contributed by atoms with Gasteiger partial charge >= 0.3 is 11.9 Å². The normalized spacial score (nSPS) is 12.9. The Bertz CT molecular complexity index is 1400. The van der Waals surface area contributed by atoms with Crippen molar-refractivity contribution < 1.29 is 24.2 Å². The zero-order chi connectivity index (χ0) is 53.4. The van der Waals surface area contributed by atoms with Crippen LogP contribution in [-0.4, -0.2) is 36.4 Å². The van der Waals surface area contributed by atoms with Crippen LogP contribution in [0.3, 0.4) is 0 Å². The Kier molecular flexibility index (Phi) is 61.4. The minimum atomic E-state index is -0.778. The van der Waals surface area contributed by atoms with E-state index in [0.717, 1.165) is 83.5 Å². The predicted molar refractivity (Wildman–Crippen MR) is 325 cm³/mol. The molecule has 0 aromatic carbocycles. The van der Waals surface area contributed by atoms with Crippen LogP contribution in [0, 0.1) is 0 Å². The summed E-state index contributed by atoms with van der Waals surface area (Å²) in [6, 6.07) is 0. The number of esters is 2. The molecule has 0 saturated heterocycles. The van der Waals surface area contributed by atoms with Gasteiger partial charge in [-0.05, 0) is 96.3 Å². The monoisotopic (exact) mass is 1030 g/mol. The SMILES string of the molecule is CC/C=C\C/C=C\C/C=C\C/C=C\C/C=C\C/C=C\CCCCCCCCCCCCCCC(=O)OC(CO)COC(=O)CCCCCCCCCCCCCCCCCCC/C=C\C/C=C\CCCCCCC. The standard InChI is InChI=1S/C69H120O5/c1-3-5-7-9-11-13-15-17-19-21-23-25-27-29-31-33-34-36-38-40-42-44-46-48-50-52-54-56-58-60-62-64-69(72)74-67(65-70)66-73-68(71)63-61-59-57-55-53-51-49-47-45-43-41-39-37-35-32-30-28-26-24-22-20-18-16-14-12-10-8-6-4-2/h5,7,11,13,16-19,22-25,29,31,34,36,67,70H,3-4,6,8-10,12,14-15,20-21,26-28,30,32-33,35,37-66H2,1-2H3/b7-5-,13-11-,18-16-,19-17-,24-22-,25-23-,31-29-,36-34-. The van der Waals surface area contributed by atoms with Crippen molar-refractivity contribution in [2.24, 2.45) is 0 Å². The van der Waals surface area contributed by atoms with E-state index in [4.69, 9.17) is 9.47 Å². The Morgan fingerprint density at radius 3 is 0.878 bits per heavy atom. The number of carbonyl (C=O) groups excluding carboxylic acids is 2. The first-order chi connectivity index (χ1) is 36.6. The van der Waals surface area contributed by atoms with Gasteiger partial charge in [0.05, 0.1) is 6.61 Å². The molecule has 0 aliphatic carbocycles. The first-order valence-electron chi connectivity index (χ1n) is 31.8. The van der Waals surface area contributed by atoms with E-state index in [2.05, 4.69) is 111 Å². The molecule has 0 fully saturated rings. The van der Waals surface area contributed by atoms with E-state index in [0.29, 0.717) is 12.8 Å². The van der Waals surface area contributed by atoms with Crippen molar-refractivity contribution in [1.82, 2.24) is 0 Å². The number of hydrogen-bond acceptors (Lipinski definition) is 5. The second-order valence-electron chi connectivity index (χ2n) is 21.1. The average molecular weight is 1030 g/mol. The quantitative estimate of drug-likeness (QED) is 0.0373. The van der Waals surface area contributed by atoms with Gasteiger partial charge in [0.1, 0.15) is 6.61 Å². The average Bonchev–Trinajstić information content (AvgIpc) is 3.40. The molecule has 426 valence electrons. The number of ether oxygens (including phenoxy) is 2. The van der Waals surface area contributed by atoms with Crippen LogP contribution in [0.2, 0.25) is 0 Å². The highest BCUT2D eigenvalue weighted by Gasteiger charge is 2.16. The summed E-state index contributed by atoms with van der Waals surface area (Å²) in [6.07, 6.45) is 91.2. The van der Waals surface area contributed by atoms with E-state index in [-0.39, 0.29) is 25.2 Å². The van der Waals surface area contributed by atoms with Gasteiger partial charge in [0.25, 0.3) is 0 Å². The summed E-state index contributed by atoms with van der Waals surface area (Å²) in [5, 5.41) is 9.68. The molecule has 0 saturated carbocycles. The Balaban J connectivity index is 3.48. The smallest absolute Gasteiger partial charge is 0.306 e. The Morgan fingerprint density at radius 2 is 0.581 bits per heavy atom. The van der Waals surface area contributed by atoms with Gasteiger partial charge in [-0.3, -0.25) is 9.59 Å². The van der Waals surface area contributed by atoms with Crippen molar-refractivity contribution in [2.45, 2.75) is 315 Å². The molecule has 0 aromatic heterocycles. The van der Waals surface area contributed by atoms with Crippen molar-refractivity contribution in [3.8, 4) is 0 Å². The highest BCUT2D eigenvalue weighted by molar-refractivity contribution is 5.70. The second-order valence-corrected chi connectivity index (χ2v) is 21.1. The van der Waals surface area contributed by atoms with Gasteiger partial charge in [-0.15, -0.1) is 0 Å². The number of carbonyl (C=O) groups is 2. The Morgan fingerprint density at radius 1 is 0.324 bits per heavy atom. The van der Waals surface area contributed by atoms with E-state index in [1.165, 1.54) is 199 Å². The molecular weight excluding hydrogens is 909 g/mol. The summed E-state index contributed by atoms with van der Waals surface area (Å²) in [5.41, 5.74) is 0. The molecule has 0 rings (SSSR count). The van der Waals surface area contributed by atoms with Gasteiger partial charge in [0.2, 0.25) is 0 Å². The molecule has 5 nitrogen and oxygen atoms in total. The minimum absolute atomic E-state index is 0.0678. The van der Waals surface area contributed by atoms with Gasteiger partial charge in [0.15, 0.2) is 6.10 Å². The number of aliphatic hydroxyl groups excluding tert-OH is 1. The van der Waals surface area contributed by atoms with Crippen molar-refractivity contribution in [2.75, 3.05) is 13.2 Å². The van der Waals surface area contributed by atoms with Gasteiger partial charge in [0, 0.05) is 12.8 Å². The zero-order valence-electron chi connectivity index (χ0n) is 48.8. The third-order valence-corrected chi connectivity index (χ3v) is 13.9. The van der Waals surface area contributed by atoms with Crippen LogP contribution in [0.15, 0.2) is 97.2 Å². The summed E-state index contributed by atoms with van der Waals surface area (Å²) in [7, 11) is 0. The lowest BCUT2D eigenvalue weighted by molar-refractivity contribution is -0.161. The fraction of sp³-hybridized carbons (Fsp3) is 0.739. The number of aliphatic hydroxyl groups is 1. The first kappa shape index (κ1) is 70.8. The van der Waals surface area contributed by atoms with Crippen LogP contribution >= 0.6 is 0 Å². The van der Waals surface area contributed by atoms with Crippen LogP contribution in [0.5, 0.6) is 0 Å². The summed E-state index contributed by atoms with van der Waals surface area (Å²) < 4.78 is 10.7. The van der Waals surface area contributed by atoms with E-state index in [1.807, 2.05) is 0 Å². The van der Waals surface area contributed by atoms with Crippen molar-refractivity contribution in [3.63, 3.8) is 0 Å². The lowest BCUT2D eigenvalue weighted by atomic mass is 10.0.